The number of ether oxygens (including phenoxy) is 4. The highest BCUT2D eigenvalue weighted by molar-refractivity contribution is 7.80. The highest BCUT2D eigenvalue weighted by atomic mass is 32.3. The van der Waals surface area contributed by atoms with Gasteiger partial charge in [0, 0.05) is 13.0 Å². The van der Waals surface area contributed by atoms with Gasteiger partial charge in [-0.2, -0.15) is 8.42 Å². The van der Waals surface area contributed by atoms with Crippen LogP contribution in [0.4, 0.5) is 0 Å². The third kappa shape index (κ3) is 30.1. The number of esters is 1. The summed E-state index contributed by atoms with van der Waals surface area (Å²) in [5.74, 6) is -0.412. The van der Waals surface area contributed by atoms with Gasteiger partial charge < -0.3 is 34.3 Å². The molecule has 0 spiro atoms. The van der Waals surface area contributed by atoms with Crippen LogP contribution in [-0.2, 0) is 38.3 Å². The largest absolute Gasteiger partial charge is 0.457 e. The molecule has 12 nitrogen and oxygen atoms in total. The van der Waals surface area contributed by atoms with Crippen LogP contribution in [-0.4, -0.2) is 97.5 Å². The molecular weight excluding hydrogens is 753 g/mol. The monoisotopic (exact) mass is 833 g/mol. The molecule has 1 heterocycles. The van der Waals surface area contributed by atoms with Gasteiger partial charge in [-0.25, -0.2) is 4.18 Å². The lowest BCUT2D eigenvalue weighted by Gasteiger charge is -2.41. The van der Waals surface area contributed by atoms with E-state index in [-0.39, 0.29) is 19.6 Å². The summed E-state index contributed by atoms with van der Waals surface area (Å²) in [5.41, 5.74) is 0. The molecular formula is C44H80O12S. The van der Waals surface area contributed by atoms with Crippen LogP contribution < -0.4 is 0 Å². The first-order valence-corrected chi connectivity index (χ1v) is 23.6. The number of rotatable bonds is 38. The van der Waals surface area contributed by atoms with E-state index in [2.05, 4.69) is 54.5 Å². The zero-order chi connectivity index (χ0) is 41.8. The maximum Gasteiger partial charge on any atom is 0.397 e. The Labute approximate surface area is 345 Å². The van der Waals surface area contributed by atoms with E-state index < -0.39 is 59.8 Å². The molecule has 0 aliphatic carbocycles. The number of aliphatic hydroxyl groups is 3. The smallest absolute Gasteiger partial charge is 0.397 e. The lowest BCUT2D eigenvalue weighted by atomic mass is 9.99. The molecule has 1 fully saturated rings. The minimum atomic E-state index is -5.06. The second-order valence-corrected chi connectivity index (χ2v) is 16.3. The van der Waals surface area contributed by atoms with Gasteiger partial charge in [0.05, 0.1) is 19.8 Å². The number of aliphatic hydroxyl groups excluding tert-OH is 3. The molecule has 0 amide bonds. The van der Waals surface area contributed by atoms with Crippen LogP contribution in [0.15, 0.2) is 36.5 Å². The first kappa shape index (κ1) is 53.3. The number of allylic oxidation sites excluding steroid dienone is 6. The minimum absolute atomic E-state index is 0.0290. The van der Waals surface area contributed by atoms with Crippen LogP contribution in [0, 0.1) is 0 Å². The molecule has 0 radical (unpaired) electrons. The number of unbranched alkanes of at least 4 members (excludes halogenated alkanes) is 19. The van der Waals surface area contributed by atoms with Gasteiger partial charge in [-0.05, 0) is 70.6 Å². The van der Waals surface area contributed by atoms with E-state index >= 15 is 0 Å². The van der Waals surface area contributed by atoms with Crippen molar-refractivity contribution in [3.63, 3.8) is 0 Å². The fraction of sp³-hybridized carbons (Fsp3) is 0.841. The van der Waals surface area contributed by atoms with E-state index in [0.29, 0.717) is 13.0 Å². The third-order valence-electron chi connectivity index (χ3n) is 9.98. The van der Waals surface area contributed by atoms with Gasteiger partial charge in [0.2, 0.25) is 0 Å². The Morgan fingerprint density at radius 2 is 1.16 bits per heavy atom. The van der Waals surface area contributed by atoms with Crippen LogP contribution >= 0.6 is 0 Å². The van der Waals surface area contributed by atoms with Crippen LogP contribution in [0.3, 0.4) is 0 Å². The summed E-state index contributed by atoms with van der Waals surface area (Å²) in [6.45, 7) is 3.91. The van der Waals surface area contributed by atoms with Crippen molar-refractivity contribution in [1.82, 2.24) is 0 Å². The predicted molar refractivity (Wildman–Crippen MR) is 225 cm³/mol. The van der Waals surface area contributed by atoms with Crippen LogP contribution in [0.5, 0.6) is 0 Å². The van der Waals surface area contributed by atoms with Crippen LogP contribution in [0.1, 0.15) is 174 Å². The van der Waals surface area contributed by atoms with Gasteiger partial charge in [0.1, 0.15) is 30.5 Å². The molecule has 0 aromatic heterocycles. The van der Waals surface area contributed by atoms with Crippen molar-refractivity contribution in [3.05, 3.63) is 36.5 Å². The second kappa shape index (κ2) is 36.2. The summed E-state index contributed by atoms with van der Waals surface area (Å²) in [6.07, 6.45) is 31.8. The first-order valence-electron chi connectivity index (χ1n) is 22.2. The molecule has 4 N–H and O–H groups in total. The Balaban J connectivity index is 2.43. The second-order valence-electron chi connectivity index (χ2n) is 15.3. The van der Waals surface area contributed by atoms with Gasteiger partial charge in [-0.1, -0.05) is 134 Å². The lowest BCUT2D eigenvalue weighted by molar-refractivity contribution is -0.301. The highest BCUT2D eigenvalue weighted by Crippen LogP contribution is 2.26. The average Bonchev–Trinajstić information content (AvgIpc) is 3.18. The fourth-order valence-electron chi connectivity index (χ4n) is 6.58. The first-order chi connectivity index (χ1) is 27.6. The highest BCUT2D eigenvalue weighted by Gasteiger charge is 2.48. The van der Waals surface area contributed by atoms with Gasteiger partial charge >= 0.3 is 16.4 Å². The summed E-state index contributed by atoms with van der Waals surface area (Å²) < 4.78 is 59.0. The number of carbonyl (C=O) groups excluding carboxylic acids is 1. The maximum atomic E-state index is 12.8. The van der Waals surface area contributed by atoms with Crippen LogP contribution in [0.25, 0.3) is 0 Å². The molecule has 13 heteroatoms. The molecule has 57 heavy (non-hydrogen) atoms. The fourth-order valence-corrected chi connectivity index (χ4v) is 7.09. The van der Waals surface area contributed by atoms with E-state index in [9.17, 15) is 28.5 Å². The normalized spacial score (nSPS) is 21.0. The summed E-state index contributed by atoms with van der Waals surface area (Å²) >= 11 is 0. The molecule has 0 saturated carbocycles. The van der Waals surface area contributed by atoms with Crippen molar-refractivity contribution in [2.24, 2.45) is 0 Å². The van der Waals surface area contributed by atoms with Crippen molar-refractivity contribution >= 4 is 16.4 Å². The zero-order valence-electron chi connectivity index (χ0n) is 35.4. The van der Waals surface area contributed by atoms with Crippen molar-refractivity contribution < 1.29 is 56.2 Å². The lowest BCUT2D eigenvalue weighted by Crippen LogP contribution is -2.60. The SMILES string of the molecule is CCCCC/C=C\C/C=C\CCCCCCCCCCOCC(COC1OC(CO)C(O)C(OS(=O)(=O)O)C1O)OC(=O)CCCCCCC/C=C\CCCCC. The number of hydrogen-bond donors (Lipinski definition) is 4. The van der Waals surface area contributed by atoms with Crippen molar-refractivity contribution in [3.8, 4) is 0 Å². The third-order valence-corrected chi connectivity index (χ3v) is 10.5. The molecule has 1 aliphatic heterocycles. The number of hydrogen-bond acceptors (Lipinski definition) is 11. The predicted octanol–water partition coefficient (Wildman–Crippen LogP) is 9.02. The average molecular weight is 833 g/mol. The Kier molecular flexibility index (Phi) is 33.9. The molecule has 0 aromatic rings. The zero-order valence-corrected chi connectivity index (χ0v) is 36.2. The molecule has 6 unspecified atom stereocenters. The molecule has 1 aliphatic rings. The van der Waals surface area contributed by atoms with E-state index in [4.69, 9.17) is 23.5 Å². The van der Waals surface area contributed by atoms with Gasteiger partial charge in [0.25, 0.3) is 0 Å². The Morgan fingerprint density at radius 3 is 1.68 bits per heavy atom. The molecule has 334 valence electrons. The summed E-state index contributed by atoms with van der Waals surface area (Å²) in [5, 5.41) is 30.6. The van der Waals surface area contributed by atoms with Crippen LogP contribution in [0.2, 0.25) is 0 Å². The Hall–Kier alpha value is -1.68. The maximum absolute atomic E-state index is 12.8. The van der Waals surface area contributed by atoms with E-state index in [0.717, 1.165) is 70.6 Å². The number of carbonyl (C=O) groups is 1. The van der Waals surface area contributed by atoms with Gasteiger partial charge in [-0.15, -0.1) is 0 Å². The molecule has 0 bridgehead atoms. The van der Waals surface area contributed by atoms with E-state index in [1.165, 1.54) is 77.0 Å². The van der Waals surface area contributed by atoms with Crippen molar-refractivity contribution in [1.29, 1.82) is 0 Å². The quantitative estimate of drug-likeness (QED) is 0.0201. The van der Waals surface area contributed by atoms with Gasteiger partial charge in [-0.3, -0.25) is 9.35 Å². The Morgan fingerprint density at radius 1 is 0.667 bits per heavy atom. The van der Waals surface area contributed by atoms with Crippen molar-refractivity contribution in [2.45, 2.75) is 211 Å². The summed E-state index contributed by atoms with van der Waals surface area (Å²) in [4.78, 5) is 12.8. The van der Waals surface area contributed by atoms with Gasteiger partial charge in [0.15, 0.2) is 6.29 Å². The van der Waals surface area contributed by atoms with E-state index in [1.807, 2.05) is 0 Å². The molecule has 6 atom stereocenters. The van der Waals surface area contributed by atoms with E-state index in [1.54, 1.807) is 0 Å². The molecule has 0 aromatic carbocycles. The minimum Gasteiger partial charge on any atom is -0.457 e. The Bertz CT molecular complexity index is 1140. The topological polar surface area (TPSA) is 178 Å². The summed E-state index contributed by atoms with van der Waals surface area (Å²) in [6, 6.07) is 0. The molecule has 1 rings (SSSR count). The molecule has 1 saturated heterocycles. The van der Waals surface area contributed by atoms with Crippen molar-refractivity contribution in [2.75, 3.05) is 26.4 Å². The summed E-state index contributed by atoms with van der Waals surface area (Å²) in [7, 11) is -5.06. The standard InChI is InChI=1S/C44H80O12S/c1-3-5-7-9-11-13-15-17-18-19-20-21-22-24-26-28-30-32-34-52-36-38(54-40(46)33-31-29-27-25-23-16-14-12-10-8-6-4-2)37-53-44-42(48)43(56-57(49,50)51)41(47)39(35-45)55-44/h11-14,17-18,38-39,41-45,47-48H,3-10,15-16,19-37H2,1-2H3,(H,49,50,51)/b13-11-,14-12-,18-17-.